The van der Waals surface area contributed by atoms with Gasteiger partial charge in [0, 0.05) is 57.4 Å². The number of amides is 1. The number of benzene rings is 2. The highest BCUT2D eigenvalue weighted by Crippen LogP contribution is 2.34. The third-order valence-electron chi connectivity index (χ3n) is 6.52. The van der Waals surface area contributed by atoms with Crippen molar-refractivity contribution in [1.82, 2.24) is 9.80 Å². The van der Waals surface area contributed by atoms with Crippen LogP contribution in [-0.4, -0.2) is 59.7 Å². The van der Waals surface area contributed by atoms with E-state index >= 15 is 0 Å². The van der Waals surface area contributed by atoms with Crippen molar-refractivity contribution in [2.75, 3.05) is 32.8 Å². The van der Waals surface area contributed by atoms with Crippen LogP contribution in [-0.2, 0) is 16.1 Å². The molecule has 1 N–H and O–H groups in total. The van der Waals surface area contributed by atoms with Gasteiger partial charge in [0.05, 0.1) is 0 Å². The molecule has 4 rings (SSSR count). The van der Waals surface area contributed by atoms with E-state index in [0.29, 0.717) is 30.0 Å². The second-order valence-electron chi connectivity index (χ2n) is 8.31. The van der Waals surface area contributed by atoms with E-state index in [4.69, 9.17) is 4.74 Å². The number of phenols is 1. The summed E-state index contributed by atoms with van der Waals surface area (Å²) in [6, 6.07) is 12.4. The van der Waals surface area contributed by atoms with Crippen LogP contribution >= 0.6 is 0 Å². The van der Waals surface area contributed by atoms with Gasteiger partial charge in [0.25, 0.3) is 0 Å². The van der Waals surface area contributed by atoms with Crippen LogP contribution in [0.5, 0.6) is 5.75 Å². The lowest BCUT2D eigenvalue weighted by molar-refractivity contribution is -0.141. The highest BCUT2D eigenvalue weighted by molar-refractivity contribution is 5.87. The summed E-state index contributed by atoms with van der Waals surface area (Å²) < 4.78 is 5.46. The van der Waals surface area contributed by atoms with Gasteiger partial charge in [-0.1, -0.05) is 30.3 Å². The molecule has 5 nitrogen and oxygen atoms in total. The van der Waals surface area contributed by atoms with Crippen molar-refractivity contribution in [3.63, 3.8) is 0 Å². The molecule has 2 aromatic rings. The third-order valence-corrected chi connectivity index (χ3v) is 6.52. The normalized spacial score (nSPS) is 22.8. The van der Waals surface area contributed by atoms with Crippen molar-refractivity contribution >= 4 is 16.7 Å². The highest BCUT2D eigenvalue weighted by Gasteiger charge is 2.39. The number of likely N-dealkylation sites (tertiary alicyclic amines) is 2. The Morgan fingerprint density at radius 2 is 2.03 bits per heavy atom. The summed E-state index contributed by atoms with van der Waals surface area (Å²) >= 11 is 0. The first-order valence-corrected chi connectivity index (χ1v) is 11.0. The summed E-state index contributed by atoms with van der Waals surface area (Å²) in [6.45, 7) is 6.98. The van der Waals surface area contributed by atoms with E-state index in [1.165, 1.54) is 5.39 Å². The minimum Gasteiger partial charge on any atom is -0.508 e. The number of fused-ring (bicyclic) bond motifs is 2. The average Bonchev–Trinajstić information content (AvgIpc) is 2.74. The number of carbonyl (C=O) groups is 1. The second-order valence-corrected chi connectivity index (χ2v) is 8.31. The van der Waals surface area contributed by atoms with Crippen LogP contribution in [0.4, 0.5) is 0 Å². The molecule has 156 valence electrons. The largest absolute Gasteiger partial charge is 0.508 e. The monoisotopic (exact) mass is 396 g/mol. The van der Waals surface area contributed by atoms with E-state index in [1.807, 2.05) is 31.2 Å². The van der Waals surface area contributed by atoms with Gasteiger partial charge in [-0.05, 0) is 48.9 Å². The lowest BCUT2D eigenvalue weighted by Crippen LogP contribution is -2.56. The zero-order valence-electron chi connectivity index (χ0n) is 17.3. The van der Waals surface area contributed by atoms with Crippen LogP contribution in [0.3, 0.4) is 0 Å². The molecule has 29 heavy (non-hydrogen) atoms. The van der Waals surface area contributed by atoms with Gasteiger partial charge in [-0.2, -0.15) is 0 Å². The summed E-state index contributed by atoms with van der Waals surface area (Å²) in [6.07, 6.45) is 3.56. The number of aromatic hydroxyl groups is 1. The topological polar surface area (TPSA) is 53.0 Å². The maximum atomic E-state index is 12.5. The van der Waals surface area contributed by atoms with E-state index < -0.39 is 0 Å². The number of piperidine rings is 2. The standard InChI is InChI=1S/C24H32N2O3/c1-2-29-15-5-13-26-22-12-14-25(16-19(22)9-11-24(26)28)17-21-20-7-4-3-6-18(20)8-10-23(21)27/h3-4,6-8,10,19,22,27H,2,5,9,11-17H2,1H3/t19-,22+/m1/s1. The Hall–Kier alpha value is -2.11. The summed E-state index contributed by atoms with van der Waals surface area (Å²) in [7, 11) is 0. The van der Waals surface area contributed by atoms with Gasteiger partial charge < -0.3 is 14.7 Å². The number of hydrogen-bond donors (Lipinski definition) is 1. The molecule has 0 bridgehead atoms. The molecular formula is C24H32N2O3. The minimum absolute atomic E-state index is 0.308. The fourth-order valence-corrected chi connectivity index (χ4v) is 5.06. The van der Waals surface area contributed by atoms with E-state index in [0.717, 1.165) is 69.6 Å². The molecule has 2 saturated heterocycles. The lowest BCUT2D eigenvalue weighted by atomic mass is 9.83. The van der Waals surface area contributed by atoms with Gasteiger partial charge in [-0.3, -0.25) is 9.69 Å². The van der Waals surface area contributed by atoms with E-state index in [9.17, 15) is 9.90 Å². The Morgan fingerprint density at radius 3 is 2.90 bits per heavy atom. The van der Waals surface area contributed by atoms with Crippen LogP contribution in [0.1, 0.15) is 38.2 Å². The molecule has 2 atom stereocenters. The zero-order valence-corrected chi connectivity index (χ0v) is 17.3. The molecule has 0 aliphatic carbocycles. The van der Waals surface area contributed by atoms with E-state index in [-0.39, 0.29) is 0 Å². The third kappa shape index (κ3) is 4.41. The molecule has 0 aromatic heterocycles. The maximum Gasteiger partial charge on any atom is 0.222 e. The Morgan fingerprint density at radius 1 is 1.17 bits per heavy atom. The molecule has 0 spiro atoms. The number of rotatable bonds is 7. The molecule has 0 unspecified atom stereocenters. The van der Waals surface area contributed by atoms with Crippen molar-refractivity contribution in [1.29, 1.82) is 0 Å². The predicted octanol–water partition coefficient (Wildman–Crippen LogP) is 3.78. The van der Waals surface area contributed by atoms with Gasteiger partial charge in [0.2, 0.25) is 5.91 Å². The summed E-state index contributed by atoms with van der Waals surface area (Å²) in [5, 5.41) is 12.8. The first kappa shape index (κ1) is 20.2. The number of hydrogen-bond acceptors (Lipinski definition) is 4. The molecule has 2 aromatic carbocycles. The van der Waals surface area contributed by atoms with Crippen LogP contribution in [0, 0.1) is 5.92 Å². The molecule has 2 fully saturated rings. The molecule has 2 heterocycles. The van der Waals surface area contributed by atoms with Crippen LogP contribution < -0.4 is 0 Å². The number of nitrogens with zero attached hydrogens (tertiary/aromatic N) is 2. The van der Waals surface area contributed by atoms with Crippen molar-refractivity contribution in [3.8, 4) is 5.75 Å². The Labute approximate surface area is 173 Å². The van der Waals surface area contributed by atoms with Gasteiger partial charge in [0.15, 0.2) is 0 Å². The molecule has 5 heteroatoms. The summed E-state index contributed by atoms with van der Waals surface area (Å²) in [4.78, 5) is 17.1. The Kier molecular flexibility index (Phi) is 6.36. The highest BCUT2D eigenvalue weighted by atomic mass is 16.5. The van der Waals surface area contributed by atoms with Crippen molar-refractivity contribution < 1.29 is 14.6 Å². The fraction of sp³-hybridized carbons (Fsp3) is 0.542. The van der Waals surface area contributed by atoms with Crippen molar-refractivity contribution in [2.45, 2.75) is 45.2 Å². The molecule has 0 saturated carbocycles. The number of carbonyl (C=O) groups excluding carboxylic acids is 1. The van der Waals surface area contributed by atoms with Crippen molar-refractivity contribution in [2.24, 2.45) is 5.92 Å². The summed E-state index contributed by atoms with van der Waals surface area (Å²) in [5.74, 6) is 1.20. The average molecular weight is 397 g/mol. The lowest BCUT2D eigenvalue weighted by Gasteiger charge is -2.47. The first-order chi connectivity index (χ1) is 14.2. The van der Waals surface area contributed by atoms with Crippen molar-refractivity contribution in [3.05, 3.63) is 42.0 Å². The quantitative estimate of drug-likeness (QED) is 0.724. The maximum absolute atomic E-state index is 12.5. The molecule has 2 aliphatic heterocycles. The number of ether oxygens (including phenoxy) is 1. The van der Waals surface area contributed by atoms with E-state index in [2.05, 4.69) is 21.9 Å². The predicted molar refractivity (Wildman–Crippen MR) is 115 cm³/mol. The van der Waals surface area contributed by atoms with Gasteiger partial charge in [-0.15, -0.1) is 0 Å². The first-order valence-electron chi connectivity index (χ1n) is 11.0. The van der Waals surface area contributed by atoms with Crippen LogP contribution in [0.15, 0.2) is 36.4 Å². The molecule has 1 amide bonds. The minimum atomic E-state index is 0.308. The number of phenolic OH excluding ortho intramolecular Hbond substituents is 1. The van der Waals surface area contributed by atoms with Gasteiger partial charge in [-0.25, -0.2) is 0 Å². The Balaban J connectivity index is 1.43. The van der Waals surface area contributed by atoms with E-state index in [1.54, 1.807) is 0 Å². The molecule has 0 radical (unpaired) electrons. The van der Waals surface area contributed by atoms with Gasteiger partial charge >= 0.3 is 0 Å². The second kappa shape index (κ2) is 9.14. The Bertz CT molecular complexity index is 853. The molecule has 2 aliphatic rings. The molecular weight excluding hydrogens is 364 g/mol. The fourth-order valence-electron chi connectivity index (χ4n) is 5.06. The SMILES string of the molecule is CCOCCCN1C(=O)CC[C@@H]2CN(Cc3c(O)ccc4ccccc34)CC[C@@H]21. The van der Waals surface area contributed by atoms with Crippen LogP contribution in [0.25, 0.3) is 10.8 Å². The summed E-state index contributed by atoms with van der Waals surface area (Å²) in [5.41, 5.74) is 1.02. The smallest absolute Gasteiger partial charge is 0.222 e. The van der Waals surface area contributed by atoms with Crippen LogP contribution in [0.2, 0.25) is 0 Å². The van der Waals surface area contributed by atoms with Gasteiger partial charge in [0.1, 0.15) is 5.75 Å². The zero-order chi connectivity index (χ0) is 20.2.